The van der Waals surface area contributed by atoms with Crippen LogP contribution in [-0.4, -0.2) is 10.8 Å². The number of aromatic nitrogens is 1. The van der Waals surface area contributed by atoms with Crippen LogP contribution in [0.25, 0.3) is 10.9 Å². The number of carbonyl (C=O) groups excluding carboxylic acids is 1. The van der Waals surface area contributed by atoms with E-state index in [0.29, 0.717) is 5.69 Å². The Morgan fingerprint density at radius 3 is 2.67 bits per heavy atom. The minimum Gasteiger partial charge on any atom is -0.294 e. The summed E-state index contributed by atoms with van der Waals surface area (Å²) in [5.74, 6) is -1.84. The van der Waals surface area contributed by atoms with E-state index in [-0.39, 0.29) is 12.0 Å². The molecule has 0 saturated heterocycles. The number of ketones is 1. The molecule has 0 fully saturated rings. The third kappa shape index (κ3) is 2.79. The number of hydrogen-bond acceptors (Lipinski definition) is 2. The number of rotatable bonds is 3. The molecule has 0 unspecified atom stereocenters. The lowest BCUT2D eigenvalue weighted by Crippen LogP contribution is -2.08. The molecule has 1 aromatic heterocycles. The second-order valence-electron chi connectivity index (χ2n) is 4.72. The molecule has 0 saturated carbocycles. The highest BCUT2D eigenvalue weighted by Crippen LogP contribution is 2.15. The fraction of sp³-hybridized carbons (Fsp3) is 0.0588. The molecule has 0 aliphatic heterocycles. The Balaban J connectivity index is 1.90. The number of carbonyl (C=O) groups is 1. The summed E-state index contributed by atoms with van der Waals surface area (Å²) >= 11 is 0. The number of fused-ring (bicyclic) bond motifs is 1. The van der Waals surface area contributed by atoms with Crippen LogP contribution in [0.3, 0.4) is 0 Å². The molecule has 3 rings (SSSR count). The number of pyridine rings is 1. The van der Waals surface area contributed by atoms with Gasteiger partial charge in [0.05, 0.1) is 17.5 Å². The zero-order valence-electron chi connectivity index (χ0n) is 11.0. The molecule has 4 heteroatoms. The smallest absolute Gasteiger partial charge is 0.171 e. The van der Waals surface area contributed by atoms with Gasteiger partial charge < -0.3 is 0 Å². The molecule has 0 spiro atoms. The van der Waals surface area contributed by atoms with E-state index in [1.165, 1.54) is 0 Å². The SMILES string of the molecule is O=C(Cc1ccc2ccccc2n1)c1cc(F)ccc1F. The molecule has 0 aliphatic carbocycles. The Kier molecular flexibility index (Phi) is 3.44. The van der Waals surface area contributed by atoms with Crippen molar-refractivity contribution in [3.63, 3.8) is 0 Å². The molecular weight excluding hydrogens is 272 g/mol. The average molecular weight is 283 g/mol. The molecule has 3 aromatic rings. The molecule has 21 heavy (non-hydrogen) atoms. The third-order valence-electron chi connectivity index (χ3n) is 3.23. The van der Waals surface area contributed by atoms with Crippen LogP contribution in [0.15, 0.2) is 54.6 Å². The summed E-state index contributed by atoms with van der Waals surface area (Å²) in [6.07, 6.45) is -0.0643. The molecule has 0 aliphatic rings. The van der Waals surface area contributed by atoms with Crippen molar-refractivity contribution < 1.29 is 13.6 Å². The minimum atomic E-state index is -0.720. The molecule has 2 nitrogen and oxygen atoms in total. The normalized spacial score (nSPS) is 10.8. The number of nitrogens with zero attached hydrogens (tertiary/aromatic N) is 1. The van der Waals surface area contributed by atoms with Gasteiger partial charge in [0.15, 0.2) is 5.78 Å². The third-order valence-corrected chi connectivity index (χ3v) is 3.23. The second-order valence-corrected chi connectivity index (χ2v) is 4.72. The minimum absolute atomic E-state index is 0.0643. The number of benzene rings is 2. The molecule has 0 atom stereocenters. The van der Waals surface area contributed by atoms with Gasteiger partial charge in [-0.15, -0.1) is 0 Å². The van der Waals surface area contributed by atoms with Crippen molar-refractivity contribution in [1.29, 1.82) is 0 Å². The maximum Gasteiger partial charge on any atom is 0.171 e. The van der Waals surface area contributed by atoms with Crippen molar-refractivity contribution in [2.75, 3.05) is 0 Å². The standard InChI is InChI=1S/C17H11F2NO/c18-12-6-8-15(19)14(9-12)17(21)10-13-7-5-11-3-1-2-4-16(11)20-13/h1-9H,10H2. The van der Waals surface area contributed by atoms with Crippen LogP contribution in [0.5, 0.6) is 0 Å². The van der Waals surface area contributed by atoms with Gasteiger partial charge in [-0.2, -0.15) is 0 Å². The van der Waals surface area contributed by atoms with Crippen molar-refractivity contribution in [3.05, 3.63) is 77.5 Å². The Hall–Kier alpha value is -2.62. The van der Waals surface area contributed by atoms with Gasteiger partial charge in [-0.25, -0.2) is 8.78 Å². The van der Waals surface area contributed by atoms with Crippen molar-refractivity contribution in [2.24, 2.45) is 0 Å². The van der Waals surface area contributed by atoms with Crippen LogP contribution in [0.4, 0.5) is 8.78 Å². The van der Waals surface area contributed by atoms with Gasteiger partial charge in [-0.3, -0.25) is 9.78 Å². The first-order chi connectivity index (χ1) is 10.1. The lowest BCUT2D eigenvalue weighted by Gasteiger charge is -2.04. The van der Waals surface area contributed by atoms with E-state index in [0.717, 1.165) is 29.1 Å². The summed E-state index contributed by atoms with van der Waals surface area (Å²) in [7, 11) is 0. The molecule has 2 aromatic carbocycles. The van der Waals surface area contributed by atoms with Crippen LogP contribution >= 0.6 is 0 Å². The Morgan fingerprint density at radius 2 is 1.81 bits per heavy atom. The van der Waals surface area contributed by atoms with Gasteiger partial charge in [0.2, 0.25) is 0 Å². The highest BCUT2D eigenvalue weighted by Gasteiger charge is 2.14. The molecule has 104 valence electrons. The van der Waals surface area contributed by atoms with Gasteiger partial charge in [0.25, 0.3) is 0 Å². The summed E-state index contributed by atoms with van der Waals surface area (Å²) in [5.41, 5.74) is 1.05. The summed E-state index contributed by atoms with van der Waals surface area (Å²) in [5, 5.41) is 0.964. The van der Waals surface area contributed by atoms with Crippen LogP contribution in [0.1, 0.15) is 16.1 Å². The van der Waals surface area contributed by atoms with Crippen molar-refractivity contribution in [3.8, 4) is 0 Å². The van der Waals surface area contributed by atoms with Crippen molar-refractivity contribution in [2.45, 2.75) is 6.42 Å². The summed E-state index contributed by atoms with van der Waals surface area (Å²) in [4.78, 5) is 16.4. The van der Waals surface area contributed by atoms with E-state index >= 15 is 0 Å². The summed E-state index contributed by atoms with van der Waals surface area (Å²) < 4.78 is 26.7. The fourth-order valence-electron chi connectivity index (χ4n) is 2.18. The largest absolute Gasteiger partial charge is 0.294 e. The van der Waals surface area contributed by atoms with E-state index in [2.05, 4.69) is 4.98 Å². The number of halogens is 2. The number of Topliss-reactive ketones (excluding diaryl/α,β-unsaturated/α-hetero) is 1. The average Bonchev–Trinajstić information content (AvgIpc) is 2.49. The first-order valence-corrected chi connectivity index (χ1v) is 6.46. The van der Waals surface area contributed by atoms with E-state index in [4.69, 9.17) is 0 Å². The van der Waals surface area contributed by atoms with Crippen LogP contribution in [0, 0.1) is 11.6 Å². The van der Waals surface area contributed by atoms with Gasteiger partial charge in [0, 0.05) is 11.1 Å². The molecule has 0 radical (unpaired) electrons. The molecular formula is C17H11F2NO. The predicted molar refractivity (Wildman–Crippen MR) is 76.1 cm³/mol. The topological polar surface area (TPSA) is 30.0 Å². The Morgan fingerprint density at radius 1 is 1.00 bits per heavy atom. The van der Waals surface area contributed by atoms with Crippen molar-refractivity contribution in [1.82, 2.24) is 4.98 Å². The second kappa shape index (κ2) is 5.40. The Labute approximate surface area is 120 Å². The van der Waals surface area contributed by atoms with Crippen LogP contribution in [0.2, 0.25) is 0 Å². The maximum absolute atomic E-state index is 13.6. The highest BCUT2D eigenvalue weighted by molar-refractivity contribution is 5.97. The Bertz CT molecular complexity index is 830. The first-order valence-electron chi connectivity index (χ1n) is 6.46. The van der Waals surface area contributed by atoms with E-state index in [1.807, 2.05) is 30.3 Å². The summed E-state index contributed by atoms with van der Waals surface area (Å²) in [6.45, 7) is 0. The molecule has 0 amide bonds. The molecule has 1 heterocycles. The zero-order chi connectivity index (χ0) is 14.8. The van der Waals surface area contributed by atoms with Gasteiger partial charge in [0.1, 0.15) is 11.6 Å². The fourth-order valence-corrected chi connectivity index (χ4v) is 2.18. The molecule has 0 N–H and O–H groups in total. The zero-order valence-corrected chi connectivity index (χ0v) is 11.0. The van der Waals surface area contributed by atoms with E-state index in [1.54, 1.807) is 6.07 Å². The van der Waals surface area contributed by atoms with Gasteiger partial charge in [-0.1, -0.05) is 24.3 Å². The number of hydrogen-bond donors (Lipinski definition) is 0. The van der Waals surface area contributed by atoms with Gasteiger partial charge in [-0.05, 0) is 30.3 Å². The monoisotopic (exact) mass is 283 g/mol. The van der Waals surface area contributed by atoms with Crippen LogP contribution < -0.4 is 0 Å². The first kappa shape index (κ1) is 13.4. The van der Waals surface area contributed by atoms with Gasteiger partial charge >= 0.3 is 0 Å². The summed E-state index contributed by atoms with van der Waals surface area (Å²) in [6, 6.07) is 13.9. The maximum atomic E-state index is 13.6. The van der Waals surface area contributed by atoms with E-state index < -0.39 is 17.4 Å². The lowest BCUT2D eigenvalue weighted by atomic mass is 10.0. The molecule has 0 bridgehead atoms. The van der Waals surface area contributed by atoms with E-state index in [9.17, 15) is 13.6 Å². The lowest BCUT2D eigenvalue weighted by molar-refractivity contribution is 0.0987. The quantitative estimate of drug-likeness (QED) is 0.681. The number of para-hydroxylation sites is 1. The van der Waals surface area contributed by atoms with Crippen LogP contribution in [-0.2, 0) is 6.42 Å². The highest BCUT2D eigenvalue weighted by atomic mass is 19.1. The predicted octanol–water partition coefficient (Wildman–Crippen LogP) is 3.94. The van der Waals surface area contributed by atoms with Crippen molar-refractivity contribution >= 4 is 16.7 Å².